The third-order valence-corrected chi connectivity index (χ3v) is 3.27. The molecular formula is C14H23NO2. The van der Waals surface area contributed by atoms with Crippen LogP contribution in [0, 0.1) is 20.8 Å². The predicted molar refractivity (Wildman–Crippen MR) is 72.2 cm³/mol. The molecule has 1 aromatic rings. The van der Waals surface area contributed by atoms with Gasteiger partial charge in [-0.25, -0.2) is 0 Å². The van der Waals surface area contributed by atoms with Crippen molar-refractivity contribution in [1.29, 1.82) is 0 Å². The number of aliphatic hydroxyl groups excluding tert-OH is 1. The molecule has 0 fully saturated rings. The highest BCUT2D eigenvalue weighted by Crippen LogP contribution is 2.32. The van der Waals surface area contributed by atoms with Crippen LogP contribution in [0.5, 0.6) is 5.75 Å². The fourth-order valence-electron chi connectivity index (χ4n) is 2.18. The van der Waals surface area contributed by atoms with Crippen molar-refractivity contribution in [3.8, 4) is 5.75 Å². The van der Waals surface area contributed by atoms with E-state index in [1.165, 1.54) is 16.8 Å². The normalized spacial score (nSPS) is 10.5. The molecule has 0 unspecified atom stereocenters. The highest BCUT2D eigenvalue weighted by atomic mass is 16.5. The minimum atomic E-state index is 0.234. The van der Waals surface area contributed by atoms with E-state index in [0.29, 0.717) is 0 Å². The Hall–Kier alpha value is -1.22. The van der Waals surface area contributed by atoms with E-state index in [2.05, 4.69) is 38.8 Å². The quantitative estimate of drug-likeness (QED) is 0.853. The van der Waals surface area contributed by atoms with Crippen LogP contribution in [0.15, 0.2) is 6.07 Å². The number of aliphatic hydroxyl groups is 1. The molecule has 0 aliphatic heterocycles. The topological polar surface area (TPSA) is 32.7 Å². The van der Waals surface area contributed by atoms with E-state index in [0.717, 1.165) is 24.3 Å². The van der Waals surface area contributed by atoms with Gasteiger partial charge in [-0.1, -0.05) is 0 Å². The Bertz CT molecular complexity index is 388. The van der Waals surface area contributed by atoms with Crippen molar-refractivity contribution in [3.63, 3.8) is 0 Å². The molecule has 1 aromatic carbocycles. The van der Waals surface area contributed by atoms with Crippen molar-refractivity contribution >= 4 is 5.69 Å². The van der Waals surface area contributed by atoms with Gasteiger partial charge >= 0.3 is 0 Å². The lowest BCUT2D eigenvalue weighted by Gasteiger charge is -2.24. The van der Waals surface area contributed by atoms with E-state index in [4.69, 9.17) is 9.84 Å². The maximum atomic E-state index is 8.88. The predicted octanol–water partition coefficient (Wildman–Crippen LogP) is 2.44. The van der Waals surface area contributed by atoms with Crippen LogP contribution in [0.1, 0.15) is 23.1 Å². The summed E-state index contributed by atoms with van der Waals surface area (Å²) in [6.07, 6.45) is 0.792. The molecule has 1 rings (SSSR count). The molecule has 0 heterocycles. The summed E-state index contributed by atoms with van der Waals surface area (Å²) in [5, 5.41) is 8.88. The lowest BCUT2D eigenvalue weighted by molar-refractivity contribution is 0.290. The fourth-order valence-corrected chi connectivity index (χ4v) is 2.18. The van der Waals surface area contributed by atoms with Gasteiger partial charge in [-0.2, -0.15) is 0 Å². The second-order valence-corrected chi connectivity index (χ2v) is 4.49. The molecule has 96 valence electrons. The molecule has 0 spiro atoms. The standard InChI is InChI=1S/C14H23NO2/c1-10-9-13(15(4)7-6-8-16)11(2)12(3)14(10)17-5/h9,16H,6-8H2,1-5H3. The molecule has 1 N–H and O–H groups in total. The number of anilines is 1. The molecule has 0 amide bonds. The van der Waals surface area contributed by atoms with E-state index in [9.17, 15) is 0 Å². The highest BCUT2D eigenvalue weighted by Gasteiger charge is 2.12. The molecule has 3 heteroatoms. The Kier molecular flexibility index (Phi) is 4.82. The number of hydrogen-bond donors (Lipinski definition) is 1. The van der Waals surface area contributed by atoms with Crippen LogP contribution < -0.4 is 9.64 Å². The number of hydrogen-bond acceptors (Lipinski definition) is 3. The van der Waals surface area contributed by atoms with Gasteiger partial charge in [0.2, 0.25) is 0 Å². The van der Waals surface area contributed by atoms with Crippen LogP contribution in [0.3, 0.4) is 0 Å². The average Bonchev–Trinajstić information content (AvgIpc) is 2.31. The van der Waals surface area contributed by atoms with Gasteiger partial charge in [0.1, 0.15) is 5.75 Å². The van der Waals surface area contributed by atoms with Gasteiger partial charge in [0.15, 0.2) is 0 Å². The van der Waals surface area contributed by atoms with Crippen LogP contribution in [0.4, 0.5) is 5.69 Å². The third kappa shape index (κ3) is 2.91. The largest absolute Gasteiger partial charge is 0.496 e. The Morgan fingerprint density at radius 1 is 1.24 bits per heavy atom. The monoisotopic (exact) mass is 237 g/mol. The lowest BCUT2D eigenvalue weighted by atomic mass is 10.0. The van der Waals surface area contributed by atoms with E-state index >= 15 is 0 Å². The first kappa shape index (κ1) is 13.8. The van der Waals surface area contributed by atoms with Gasteiger partial charge in [-0.3, -0.25) is 0 Å². The van der Waals surface area contributed by atoms with Crippen LogP contribution >= 0.6 is 0 Å². The summed E-state index contributed by atoms with van der Waals surface area (Å²) < 4.78 is 5.41. The first-order valence-corrected chi connectivity index (χ1v) is 5.99. The summed E-state index contributed by atoms with van der Waals surface area (Å²) in [6, 6.07) is 2.15. The van der Waals surface area contributed by atoms with Crippen molar-refractivity contribution in [2.24, 2.45) is 0 Å². The van der Waals surface area contributed by atoms with Crippen LogP contribution in [-0.4, -0.2) is 32.4 Å². The Balaban J connectivity index is 3.09. The molecule has 0 bridgehead atoms. The zero-order chi connectivity index (χ0) is 13.0. The van der Waals surface area contributed by atoms with E-state index in [-0.39, 0.29) is 6.61 Å². The number of ether oxygens (including phenoxy) is 1. The smallest absolute Gasteiger partial charge is 0.125 e. The first-order chi connectivity index (χ1) is 8.02. The van der Waals surface area contributed by atoms with Crippen molar-refractivity contribution in [1.82, 2.24) is 0 Å². The lowest BCUT2D eigenvalue weighted by Crippen LogP contribution is -2.21. The zero-order valence-electron chi connectivity index (χ0n) is 11.5. The maximum absolute atomic E-state index is 8.88. The van der Waals surface area contributed by atoms with Crippen molar-refractivity contribution in [2.45, 2.75) is 27.2 Å². The molecule has 0 aromatic heterocycles. The van der Waals surface area contributed by atoms with Crippen molar-refractivity contribution in [3.05, 3.63) is 22.8 Å². The van der Waals surface area contributed by atoms with Gasteiger partial charge in [0.25, 0.3) is 0 Å². The van der Waals surface area contributed by atoms with Crippen LogP contribution in [-0.2, 0) is 0 Å². The molecule has 0 saturated carbocycles. The SMILES string of the molecule is COc1c(C)cc(N(C)CCCO)c(C)c1C. The third-order valence-electron chi connectivity index (χ3n) is 3.27. The Morgan fingerprint density at radius 3 is 2.41 bits per heavy atom. The van der Waals surface area contributed by atoms with Crippen LogP contribution in [0.25, 0.3) is 0 Å². The molecule has 0 saturated heterocycles. The van der Waals surface area contributed by atoms with Gasteiger partial charge in [0.05, 0.1) is 7.11 Å². The van der Waals surface area contributed by atoms with Crippen molar-refractivity contribution in [2.75, 3.05) is 32.2 Å². The zero-order valence-corrected chi connectivity index (χ0v) is 11.5. The molecule has 0 atom stereocenters. The summed E-state index contributed by atoms with van der Waals surface area (Å²) in [5.41, 5.74) is 4.81. The second kappa shape index (κ2) is 5.92. The minimum absolute atomic E-state index is 0.234. The maximum Gasteiger partial charge on any atom is 0.125 e. The molecule has 17 heavy (non-hydrogen) atoms. The summed E-state index contributed by atoms with van der Waals surface area (Å²) >= 11 is 0. The van der Waals surface area contributed by atoms with E-state index < -0.39 is 0 Å². The minimum Gasteiger partial charge on any atom is -0.496 e. The summed E-state index contributed by atoms with van der Waals surface area (Å²) in [5.74, 6) is 0.974. The second-order valence-electron chi connectivity index (χ2n) is 4.49. The van der Waals surface area contributed by atoms with Crippen LogP contribution in [0.2, 0.25) is 0 Å². The summed E-state index contributed by atoms with van der Waals surface area (Å²) in [6.45, 7) is 7.36. The Labute approximate surface area is 104 Å². The number of methoxy groups -OCH3 is 1. The molecule has 0 aliphatic carbocycles. The van der Waals surface area contributed by atoms with E-state index in [1.54, 1.807) is 7.11 Å². The van der Waals surface area contributed by atoms with Crippen molar-refractivity contribution < 1.29 is 9.84 Å². The van der Waals surface area contributed by atoms with Gasteiger partial charge in [0, 0.05) is 25.9 Å². The van der Waals surface area contributed by atoms with Gasteiger partial charge < -0.3 is 14.7 Å². The number of nitrogens with zero attached hydrogens (tertiary/aromatic N) is 1. The summed E-state index contributed by atoms with van der Waals surface area (Å²) in [7, 11) is 3.77. The molecular weight excluding hydrogens is 214 g/mol. The molecule has 0 aliphatic rings. The molecule has 3 nitrogen and oxygen atoms in total. The fraction of sp³-hybridized carbons (Fsp3) is 0.571. The van der Waals surface area contributed by atoms with Gasteiger partial charge in [-0.05, 0) is 49.9 Å². The van der Waals surface area contributed by atoms with E-state index in [1.807, 2.05) is 0 Å². The number of benzene rings is 1. The molecule has 0 radical (unpaired) electrons. The Morgan fingerprint density at radius 2 is 1.88 bits per heavy atom. The average molecular weight is 237 g/mol. The van der Waals surface area contributed by atoms with Gasteiger partial charge in [-0.15, -0.1) is 0 Å². The number of rotatable bonds is 5. The first-order valence-electron chi connectivity index (χ1n) is 5.99. The highest BCUT2D eigenvalue weighted by molar-refractivity contribution is 5.62. The number of aryl methyl sites for hydroxylation is 1. The summed E-state index contributed by atoms with van der Waals surface area (Å²) in [4.78, 5) is 2.19.